The molecule has 10 heteroatoms. The standard InChI is InChI=1S/C28H24FN7O2/c1-5-23(37)35-18-6-8-20(15(2)12-18)25-17(4)24-26(27(30)33-14-32-24)36(25)19-7-9-22(21(29)13-19)38-28-31-11-10-16(3)34-28/h5-14H,1H2,2-4H3,(H,35,37)(H2,30,32,33). The Labute approximate surface area is 217 Å². The number of carbonyl (C=O) groups excluding carboxylic acids is 1. The van der Waals surface area contributed by atoms with Crippen molar-refractivity contribution < 1.29 is 13.9 Å². The number of nitrogen functional groups attached to an aromatic ring is 1. The van der Waals surface area contributed by atoms with Crippen molar-refractivity contribution in [3.05, 3.63) is 90.3 Å². The number of nitrogens with zero attached hydrogens (tertiary/aromatic N) is 5. The molecule has 0 aliphatic rings. The van der Waals surface area contributed by atoms with Crippen LogP contribution in [0.25, 0.3) is 28.0 Å². The zero-order chi connectivity index (χ0) is 27.0. The summed E-state index contributed by atoms with van der Waals surface area (Å²) in [4.78, 5) is 28.6. The number of anilines is 2. The Bertz CT molecular complexity index is 1730. The molecular weight excluding hydrogens is 485 g/mol. The minimum Gasteiger partial charge on any atom is -0.421 e. The SMILES string of the molecule is C=CC(=O)Nc1ccc(-c2c(C)c3ncnc(N)c3n2-c2ccc(Oc3nccc(C)n3)c(F)c2)c(C)c1. The van der Waals surface area contributed by atoms with Crippen LogP contribution < -0.4 is 15.8 Å². The van der Waals surface area contributed by atoms with Crippen LogP contribution >= 0.6 is 0 Å². The number of fused-ring (bicyclic) bond motifs is 1. The van der Waals surface area contributed by atoms with E-state index in [-0.39, 0.29) is 23.5 Å². The van der Waals surface area contributed by atoms with E-state index < -0.39 is 5.82 Å². The van der Waals surface area contributed by atoms with Gasteiger partial charge in [0.25, 0.3) is 0 Å². The summed E-state index contributed by atoms with van der Waals surface area (Å²) in [6.45, 7) is 9.13. The monoisotopic (exact) mass is 509 g/mol. The van der Waals surface area contributed by atoms with Crippen molar-refractivity contribution in [2.24, 2.45) is 0 Å². The van der Waals surface area contributed by atoms with Gasteiger partial charge in [0.2, 0.25) is 5.91 Å². The number of hydrogen-bond acceptors (Lipinski definition) is 7. The molecule has 0 radical (unpaired) electrons. The van der Waals surface area contributed by atoms with Gasteiger partial charge in [-0.15, -0.1) is 0 Å². The highest BCUT2D eigenvalue weighted by Gasteiger charge is 2.23. The summed E-state index contributed by atoms with van der Waals surface area (Å²) < 4.78 is 22.8. The lowest BCUT2D eigenvalue weighted by atomic mass is 10.0. The molecule has 3 aromatic heterocycles. The van der Waals surface area contributed by atoms with Crippen molar-refractivity contribution in [3.8, 4) is 28.7 Å². The lowest BCUT2D eigenvalue weighted by molar-refractivity contribution is -0.111. The van der Waals surface area contributed by atoms with E-state index in [2.05, 4.69) is 31.8 Å². The summed E-state index contributed by atoms with van der Waals surface area (Å²) >= 11 is 0. The smallest absolute Gasteiger partial charge is 0.322 e. The lowest BCUT2D eigenvalue weighted by Gasteiger charge is -2.16. The Morgan fingerprint density at radius 3 is 2.63 bits per heavy atom. The third kappa shape index (κ3) is 4.43. The van der Waals surface area contributed by atoms with Gasteiger partial charge in [0, 0.05) is 40.5 Å². The van der Waals surface area contributed by atoms with Crippen LogP contribution in [0.5, 0.6) is 11.8 Å². The Morgan fingerprint density at radius 1 is 1.11 bits per heavy atom. The second-order valence-corrected chi connectivity index (χ2v) is 8.69. The highest BCUT2D eigenvalue weighted by atomic mass is 19.1. The molecule has 0 saturated heterocycles. The molecule has 190 valence electrons. The third-order valence-corrected chi connectivity index (χ3v) is 6.09. The third-order valence-electron chi connectivity index (χ3n) is 6.09. The first-order valence-electron chi connectivity index (χ1n) is 11.7. The summed E-state index contributed by atoms with van der Waals surface area (Å²) in [7, 11) is 0. The molecule has 9 nitrogen and oxygen atoms in total. The number of halogens is 1. The number of rotatable bonds is 6. The first-order chi connectivity index (χ1) is 18.3. The number of carbonyl (C=O) groups is 1. The fraction of sp³-hybridized carbons (Fsp3) is 0.107. The van der Waals surface area contributed by atoms with E-state index in [4.69, 9.17) is 10.5 Å². The van der Waals surface area contributed by atoms with E-state index in [0.29, 0.717) is 28.1 Å². The average molecular weight is 510 g/mol. The number of nitrogens with one attached hydrogen (secondary N) is 1. The van der Waals surface area contributed by atoms with Gasteiger partial charge >= 0.3 is 6.01 Å². The molecule has 0 spiro atoms. The lowest BCUT2D eigenvalue weighted by Crippen LogP contribution is -2.07. The van der Waals surface area contributed by atoms with Crippen molar-refractivity contribution in [3.63, 3.8) is 0 Å². The average Bonchev–Trinajstić information content (AvgIpc) is 3.18. The van der Waals surface area contributed by atoms with Gasteiger partial charge in [0.05, 0.1) is 11.2 Å². The zero-order valence-corrected chi connectivity index (χ0v) is 21.0. The maximum Gasteiger partial charge on any atom is 0.322 e. The van der Waals surface area contributed by atoms with Crippen molar-refractivity contribution >= 4 is 28.4 Å². The van der Waals surface area contributed by atoms with Crippen LogP contribution in [0.1, 0.15) is 16.8 Å². The highest BCUT2D eigenvalue weighted by Crippen LogP contribution is 2.39. The van der Waals surface area contributed by atoms with Crippen LogP contribution in [0.2, 0.25) is 0 Å². The first-order valence-corrected chi connectivity index (χ1v) is 11.7. The minimum absolute atomic E-state index is 0.0169. The minimum atomic E-state index is -0.604. The molecular formula is C28H24FN7O2. The zero-order valence-electron chi connectivity index (χ0n) is 21.0. The summed E-state index contributed by atoms with van der Waals surface area (Å²) in [5, 5.41) is 2.76. The molecule has 0 aliphatic carbocycles. The number of ether oxygens (including phenoxy) is 1. The van der Waals surface area contributed by atoms with Gasteiger partial charge in [-0.05, 0) is 62.7 Å². The van der Waals surface area contributed by atoms with Crippen LogP contribution in [0.3, 0.4) is 0 Å². The van der Waals surface area contributed by atoms with Gasteiger partial charge < -0.3 is 20.4 Å². The molecule has 0 fully saturated rings. The van der Waals surface area contributed by atoms with E-state index in [9.17, 15) is 4.79 Å². The van der Waals surface area contributed by atoms with E-state index in [1.54, 1.807) is 31.3 Å². The van der Waals surface area contributed by atoms with Crippen LogP contribution in [0.15, 0.2) is 67.6 Å². The van der Waals surface area contributed by atoms with Crippen molar-refractivity contribution in [1.82, 2.24) is 24.5 Å². The summed E-state index contributed by atoms with van der Waals surface area (Å²) in [5.74, 6) is -0.672. The van der Waals surface area contributed by atoms with Crippen LogP contribution in [0, 0.1) is 26.6 Å². The van der Waals surface area contributed by atoms with Crippen LogP contribution in [-0.2, 0) is 4.79 Å². The van der Waals surface area contributed by atoms with E-state index in [1.807, 2.05) is 30.5 Å². The Balaban J connectivity index is 1.66. The molecule has 0 aliphatic heterocycles. The second kappa shape index (κ2) is 9.74. The van der Waals surface area contributed by atoms with Crippen molar-refractivity contribution in [2.45, 2.75) is 20.8 Å². The van der Waals surface area contributed by atoms with Gasteiger partial charge in [-0.2, -0.15) is 0 Å². The molecule has 2 aromatic carbocycles. The predicted octanol–water partition coefficient (Wildman–Crippen LogP) is 5.44. The van der Waals surface area contributed by atoms with Gasteiger partial charge in [-0.3, -0.25) is 4.79 Å². The quantitative estimate of drug-likeness (QED) is 0.292. The van der Waals surface area contributed by atoms with Crippen LogP contribution in [-0.4, -0.2) is 30.4 Å². The molecule has 1 amide bonds. The maximum atomic E-state index is 15.3. The van der Waals surface area contributed by atoms with Gasteiger partial charge in [-0.25, -0.2) is 24.3 Å². The second-order valence-electron chi connectivity index (χ2n) is 8.69. The first kappa shape index (κ1) is 24.6. The fourth-order valence-electron chi connectivity index (χ4n) is 4.35. The number of benzene rings is 2. The molecule has 0 saturated carbocycles. The van der Waals surface area contributed by atoms with Crippen LogP contribution in [0.4, 0.5) is 15.9 Å². The highest BCUT2D eigenvalue weighted by molar-refractivity contribution is 6.00. The number of aryl methyl sites for hydroxylation is 3. The van der Waals surface area contributed by atoms with Crippen molar-refractivity contribution in [1.29, 1.82) is 0 Å². The molecule has 3 N–H and O–H groups in total. The van der Waals surface area contributed by atoms with E-state index >= 15 is 4.39 Å². The Hall–Kier alpha value is -5.12. The van der Waals surface area contributed by atoms with Gasteiger partial charge in [0.15, 0.2) is 17.4 Å². The van der Waals surface area contributed by atoms with Crippen molar-refractivity contribution in [2.75, 3.05) is 11.1 Å². The number of amides is 1. The molecule has 5 rings (SSSR count). The summed E-state index contributed by atoms with van der Waals surface area (Å²) in [5.41, 5.74) is 12.7. The molecule has 38 heavy (non-hydrogen) atoms. The number of hydrogen-bond donors (Lipinski definition) is 2. The topological polar surface area (TPSA) is 121 Å². The summed E-state index contributed by atoms with van der Waals surface area (Å²) in [6.07, 6.45) is 4.16. The Kier molecular flexibility index (Phi) is 6.29. The molecule has 0 unspecified atom stereocenters. The normalized spacial score (nSPS) is 10.9. The predicted molar refractivity (Wildman–Crippen MR) is 144 cm³/mol. The van der Waals surface area contributed by atoms with Gasteiger partial charge in [-0.1, -0.05) is 12.6 Å². The molecule has 5 aromatic rings. The summed E-state index contributed by atoms with van der Waals surface area (Å²) in [6, 6.07) is 11.9. The molecule has 0 atom stereocenters. The largest absolute Gasteiger partial charge is 0.421 e. The molecule has 3 heterocycles. The number of aromatic nitrogens is 5. The van der Waals surface area contributed by atoms with E-state index in [1.165, 1.54) is 24.5 Å². The maximum absolute atomic E-state index is 15.3. The van der Waals surface area contributed by atoms with Gasteiger partial charge in [0.1, 0.15) is 11.8 Å². The fourth-order valence-corrected chi connectivity index (χ4v) is 4.35. The number of nitrogens with two attached hydrogens (primary N) is 1. The molecule has 0 bridgehead atoms. The Morgan fingerprint density at radius 2 is 1.92 bits per heavy atom. The van der Waals surface area contributed by atoms with E-state index in [0.717, 1.165) is 22.4 Å².